The molecule has 3 heterocycles. The van der Waals surface area contributed by atoms with E-state index in [4.69, 9.17) is 14.8 Å². The van der Waals surface area contributed by atoms with Crippen LogP contribution in [0.4, 0.5) is 0 Å². The highest BCUT2D eigenvalue weighted by Gasteiger charge is 2.33. The fourth-order valence-corrected chi connectivity index (χ4v) is 8.57. The van der Waals surface area contributed by atoms with Gasteiger partial charge in [-0.15, -0.1) is 0 Å². The summed E-state index contributed by atoms with van der Waals surface area (Å²) in [5.74, 6) is 4.77. The number of fused-ring (bicyclic) bond motifs is 3. The van der Waals surface area contributed by atoms with Gasteiger partial charge in [0.2, 0.25) is 0 Å². The lowest BCUT2D eigenvalue weighted by molar-refractivity contribution is 0.317. The summed E-state index contributed by atoms with van der Waals surface area (Å²) in [5.41, 5.74) is 10.9. The van der Waals surface area contributed by atoms with Crippen LogP contribution in [0.25, 0.3) is 33.3 Å². The molecule has 1 unspecified atom stereocenters. The molecule has 270 valence electrons. The molecule has 6 aromatic rings. The monoisotopic (exact) mass is 692 g/mol. The molecule has 1 aliphatic rings. The number of pyridine rings is 1. The summed E-state index contributed by atoms with van der Waals surface area (Å²) in [7, 11) is 0. The third kappa shape index (κ3) is 6.71. The Balaban J connectivity index is 1.30. The first-order chi connectivity index (χ1) is 24.8. The van der Waals surface area contributed by atoms with E-state index in [-0.39, 0.29) is 5.41 Å². The van der Waals surface area contributed by atoms with Gasteiger partial charge in [0.1, 0.15) is 17.3 Å². The third-order valence-corrected chi connectivity index (χ3v) is 11.4. The van der Waals surface area contributed by atoms with Crippen molar-refractivity contribution in [1.82, 2.24) is 19.3 Å². The molecular weight excluding hydrogens is 637 g/mol. The summed E-state index contributed by atoms with van der Waals surface area (Å²) in [6.45, 7) is 22.9. The molecule has 0 saturated heterocycles. The Morgan fingerprint density at radius 2 is 1.65 bits per heavy atom. The van der Waals surface area contributed by atoms with Gasteiger partial charge in [-0.2, -0.15) is 5.10 Å². The number of nitrogens with zero attached hydrogens (tertiary/aromatic N) is 4. The second-order valence-corrected chi connectivity index (χ2v) is 16.7. The molecule has 0 fully saturated rings. The minimum absolute atomic E-state index is 0.0824. The van der Waals surface area contributed by atoms with E-state index < -0.39 is 0 Å². The van der Waals surface area contributed by atoms with Gasteiger partial charge in [0, 0.05) is 46.3 Å². The van der Waals surface area contributed by atoms with Crippen LogP contribution in [0.2, 0.25) is 0 Å². The van der Waals surface area contributed by atoms with Crippen molar-refractivity contribution >= 4 is 21.8 Å². The molecule has 0 bridgehead atoms. The first-order valence-electron chi connectivity index (χ1n) is 19.4. The van der Waals surface area contributed by atoms with Gasteiger partial charge < -0.3 is 4.74 Å². The number of hydrogen-bond acceptors (Lipinski definition) is 3. The molecule has 3 aromatic heterocycles. The number of para-hydroxylation sites is 1. The average molecular weight is 693 g/mol. The van der Waals surface area contributed by atoms with Gasteiger partial charge in [0.15, 0.2) is 0 Å². The lowest BCUT2D eigenvalue weighted by atomic mass is 9.69. The topological polar surface area (TPSA) is 44.9 Å². The zero-order chi connectivity index (χ0) is 36.9. The SMILES string of the molecule is CCCCc1ccnc(-n2c3ccccc3c3ccc(Oc4cc(-n5nc(C)c(C6C(C)=C[C@H](C(C)C)C[C@@H]6C)c5C)cc(C(C)(C)C)c4)cc32)c1. The molecule has 0 saturated carbocycles. The van der Waals surface area contributed by atoms with E-state index in [1.165, 1.54) is 51.6 Å². The summed E-state index contributed by atoms with van der Waals surface area (Å²) in [5, 5.41) is 7.60. The Morgan fingerprint density at radius 3 is 2.38 bits per heavy atom. The van der Waals surface area contributed by atoms with Gasteiger partial charge in [0.25, 0.3) is 0 Å². The molecule has 0 spiro atoms. The standard InChI is InChI=1S/C47H56N4O/c1-11-12-15-34-20-21-48-44(24-34)50-42-17-14-13-16-40(42)41-19-18-38(28-43(41)50)52-39-26-36(47(8,9)10)25-37(27-39)51-33(7)46(32(6)49-51)45-30(4)22-35(29(2)3)23-31(45)5/h13-14,16-22,24-29,31,35,45H,11-12,15,23H2,1-10H3/t31-,35-,45?/m0/s1. The normalized spacial score (nSPS) is 18.1. The van der Waals surface area contributed by atoms with Gasteiger partial charge >= 0.3 is 0 Å². The third-order valence-electron chi connectivity index (χ3n) is 11.4. The van der Waals surface area contributed by atoms with Crippen LogP contribution in [-0.4, -0.2) is 19.3 Å². The number of aromatic nitrogens is 4. The Kier molecular flexibility index (Phi) is 9.67. The zero-order valence-corrected chi connectivity index (χ0v) is 32.9. The number of aryl methyl sites for hydroxylation is 2. The maximum atomic E-state index is 6.83. The van der Waals surface area contributed by atoms with Crippen LogP contribution in [0.15, 0.2) is 90.6 Å². The summed E-state index contributed by atoms with van der Waals surface area (Å²) in [6.07, 6.45) is 9.08. The van der Waals surface area contributed by atoms with Crippen LogP contribution in [0.1, 0.15) is 109 Å². The lowest BCUT2D eigenvalue weighted by Crippen LogP contribution is -2.24. The molecule has 0 aliphatic heterocycles. The van der Waals surface area contributed by atoms with E-state index in [1.807, 2.05) is 6.20 Å². The number of hydrogen-bond donors (Lipinski definition) is 0. The largest absolute Gasteiger partial charge is 0.457 e. The fraction of sp³-hybridized carbons (Fsp3) is 0.404. The van der Waals surface area contributed by atoms with E-state index in [9.17, 15) is 0 Å². The molecule has 0 radical (unpaired) electrons. The first kappa shape index (κ1) is 35.7. The van der Waals surface area contributed by atoms with Crippen molar-refractivity contribution in [3.05, 3.63) is 119 Å². The zero-order valence-electron chi connectivity index (χ0n) is 32.9. The molecule has 5 nitrogen and oxygen atoms in total. The number of unbranched alkanes of at least 4 members (excludes halogenated alkanes) is 1. The Labute approximate surface area is 310 Å². The Bertz CT molecular complexity index is 2280. The molecule has 3 atom stereocenters. The van der Waals surface area contributed by atoms with Crippen LogP contribution in [-0.2, 0) is 11.8 Å². The first-order valence-corrected chi connectivity index (χ1v) is 19.4. The number of benzene rings is 3. The van der Waals surface area contributed by atoms with Crippen LogP contribution in [0.5, 0.6) is 11.5 Å². The molecule has 3 aromatic carbocycles. The van der Waals surface area contributed by atoms with Gasteiger partial charge in [-0.25, -0.2) is 9.67 Å². The Hall–Kier alpha value is -4.64. The summed E-state index contributed by atoms with van der Waals surface area (Å²) in [4.78, 5) is 4.87. The smallest absolute Gasteiger partial charge is 0.137 e. The van der Waals surface area contributed by atoms with Gasteiger partial charge in [0.05, 0.1) is 22.4 Å². The van der Waals surface area contributed by atoms with Crippen molar-refractivity contribution in [3.8, 4) is 23.0 Å². The van der Waals surface area contributed by atoms with E-state index in [1.54, 1.807) is 0 Å². The second-order valence-electron chi connectivity index (χ2n) is 16.7. The van der Waals surface area contributed by atoms with E-state index in [0.29, 0.717) is 23.7 Å². The Morgan fingerprint density at radius 1 is 0.885 bits per heavy atom. The average Bonchev–Trinajstić information content (AvgIpc) is 3.59. The summed E-state index contributed by atoms with van der Waals surface area (Å²) < 4.78 is 11.3. The summed E-state index contributed by atoms with van der Waals surface area (Å²) in [6, 6.07) is 26.1. The second kappa shape index (κ2) is 14.1. The van der Waals surface area contributed by atoms with Crippen molar-refractivity contribution in [3.63, 3.8) is 0 Å². The molecular formula is C47H56N4O. The van der Waals surface area contributed by atoms with E-state index >= 15 is 0 Å². The quantitative estimate of drug-likeness (QED) is 0.142. The van der Waals surface area contributed by atoms with Crippen LogP contribution < -0.4 is 4.74 Å². The van der Waals surface area contributed by atoms with E-state index in [2.05, 4.69) is 157 Å². The number of ether oxygens (including phenoxy) is 1. The van der Waals surface area contributed by atoms with Crippen molar-refractivity contribution in [2.24, 2.45) is 17.8 Å². The van der Waals surface area contributed by atoms with Gasteiger partial charge in [-0.05, 0) is 117 Å². The highest BCUT2D eigenvalue weighted by Crippen LogP contribution is 2.45. The highest BCUT2D eigenvalue weighted by molar-refractivity contribution is 6.09. The number of allylic oxidation sites excluding steroid dienone is 2. The van der Waals surface area contributed by atoms with Crippen molar-refractivity contribution in [2.75, 3.05) is 0 Å². The minimum Gasteiger partial charge on any atom is -0.457 e. The van der Waals surface area contributed by atoms with Crippen molar-refractivity contribution < 1.29 is 4.74 Å². The molecule has 5 heteroatoms. The van der Waals surface area contributed by atoms with Crippen LogP contribution in [0, 0.1) is 31.6 Å². The summed E-state index contributed by atoms with van der Waals surface area (Å²) >= 11 is 0. The predicted octanol–water partition coefficient (Wildman–Crippen LogP) is 12.8. The fourth-order valence-electron chi connectivity index (χ4n) is 8.57. The van der Waals surface area contributed by atoms with Crippen molar-refractivity contribution in [2.45, 2.75) is 106 Å². The lowest BCUT2D eigenvalue weighted by Gasteiger charge is -2.35. The minimum atomic E-state index is -0.0824. The molecule has 1 aliphatic carbocycles. The molecule has 0 amide bonds. The van der Waals surface area contributed by atoms with Crippen molar-refractivity contribution in [1.29, 1.82) is 0 Å². The van der Waals surface area contributed by atoms with Gasteiger partial charge in [-0.3, -0.25) is 4.57 Å². The molecule has 7 rings (SSSR count). The van der Waals surface area contributed by atoms with Crippen LogP contribution in [0.3, 0.4) is 0 Å². The molecule has 52 heavy (non-hydrogen) atoms. The highest BCUT2D eigenvalue weighted by atomic mass is 16.5. The maximum Gasteiger partial charge on any atom is 0.137 e. The predicted molar refractivity (Wildman–Crippen MR) is 218 cm³/mol. The van der Waals surface area contributed by atoms with Crippen LogP contribution >= 0.6 is 0 Å². The van der Waals surface area contributed by atoms with E-state index in [0.717, 1.165) is 52.6 Å². The number of rotatable bonds is 9. The molecule has 0 N–H and O–H groups in total. The van der Waals surface area contributed by atoms with Gasteiger partial charge in [-0.1, -0.05) is 84.7 Å². The maximum absolute atomic E-state index is 6.83.